The summed E-state index contributed by atoms with van der Waals surface area (Å²) in [5, 5.41) is 19.4. The van der Waals surface area contributed by atoms with Crippen molar-refractivity contribution in [3.05, 3.63) is 23.8 Å². The Labute approximate surface area is 187 Å². The van der Waals surface area contributed by atoms with Crippen LogP contribution in [-0.2, 0) is 9.59 Å². The van der Waals surface area contributed by atoms with Crippen molar-refractivity contribution < 1.29 is 19.8 Å². The molecule has 0 radical (unpaired) electrons. The highest BCUT2D eigenvalue weighted by atomic mass is 16.4. The average molecular weight is 429 g/mol. The van der Waals surface area contributed by atoms with E-state index in [2.05, 4.69) is 26.8 Å². The lowest BCUT2D eigenvalue weighted by Gasteiger charge is -2.57. The Bertz CT molecular complexity index is 797. The molecule has 31 heavy (non-hydrogen) atoms. The van der Waals surface area contributed by atoms with Crippen LogP contribution in [0.2, 0.25) is 0 Å². The van der Waals surface area contributed by atoms with E-state index in [0.29, 0.717) is 29.6 Å². The number of hydrogen-bond acceptors (Lipinski definition) is 3. The fourth-order valence-electron chi connectivity index (χ4n) is 8.22. The van der Waals surface area contributed by atoms with Crippen LogP contribution in [0.25, 0.3) is 0 Å². The first-order valence-electron chi connectivity index (χ1n) is 12.4. The summed E-state index contributed by atoms with van der Waals surface area (Å²) >= 11 is 0. The van der Waals surface area contributed by atoms with Crippen molar-refractivity contribution in [1.29, 1.82) is 0 Å². The number of rotatable bonds is 6. The molecule has 4 nitrogen and oxygen atoms in total. The number of fused-ring (bicyclic) bond motifs is 5. The number of aliphatic hydroxyl groups excluding tert-OH is 1. The highest BCUT2D eigenvalue weighted by Crippen LogP contribution is 2.67. The summed E-state index contributed by atoms with van der Waals surface area (Å²) in [6.45, 7) is 8.81. The largest absolute Gasteiger partial charge is 0.481 e. The molecule has 3 saturated carbocycles. The summed E-state index contributed by atoms with van der Waals surface area (Å²) in [5.41, 5.74) is 1.75. The van der Waals surface area contributed by atoms with Crippen LogP contribution in [0.4, 0.5) is 0 Å². The molecule has 4 aliphatic rings. The smallest absolute Gasteiger partial charge is 0.308 e. The summed E-state index contributed by atoms with van der Waals surface area (Å²) < 4.78 is 0. The van der Waals surface area contributed by atoms with Gasteiger partial charge in [-0.15, -0.1) is 0 Å². The zero-order valence-corrected chi connectivity index (χ0v) is 19.6. The van der Waals surface area contributed by atoms with Gasteiger partial charge in [0.1, 0.15) is 0 Å². The van der Waals surface area contributed by atoms with E-state index in [-0.39, 0.29) is 11.2 Å². The molecule has 4 aliphatic carbocycles. The van der Waals surface area contributed by atoms with Gasteiger partial charge in [-0.2, -0.15) is 0 Å². The molecule has 0 aliphatic heterocycles. The van der Waals surface area contributed by atoms with Gasteiger partial charge in [0.05, 0.1) is 12.0 Å². The predicted molar refractivity (Wildman–Crippen MR) is 121 cm³/mol. The summed E-state index contributed by atoms with van der Waals surface area (Å²) in [7, 11) is 0. The quantitative estimate of drug-likeness (QED) is 0.593. The molecule has 4 heteroatoms. The Morgan fingerprint density at radius 2 is 1.87 bits per heavy atom. The molecule has 0 aromatic rings. The molecule has 0 spiro atoms. The minimum atomic E-state index is -0.913. The molecule has 9 atom stereocenters. The Morgan fingerprint density at radius 3 is 2.58 bits per heavy atom. The van der Waals surface area contributed by atoms with E-state index in [1.54, 1.807) is 13.0 Å². The first-order valence-corrected chi connectivity index (χ1v) is 12.4. The number of aliphatic hydroxyl groups is 1. The van der Waals surface area contributed by atoms with Crippen molar-refractivity contribution in [2.45, 2.75) is 85.2 Å². The van der Waals surface area contributed by atoms with Gasteiger partial charge in [-0.3, -0.25) is 9.59 Å². The van der Waals surface area contributed by atoms with Crippen LogP contribution < -0.4 is 0 Å². The van der Waals surface area contributed by atoms with Crippen molar-refractivity contribution in [3.8, 4) is 0 Å². The lowest BCUT2D eigenvalue weighted by Crippen LogP contribution is -2.50. The molecule has 4 rings (SSSR count). The van der Waals surface area contributed by atoms with Crippen molar-refractivity contribution in [3.63, 3.8) is 0 Å². The van der Waals surface area contributed by atoms with Crippen LogP contribution in [0.15, 0.2) is 23.8 Å². The maximum absolute atomic E-state index is 11.9. The summed E-state index contributed by atoms with van der Waals surface area (Å²) in [6, 6.07) is 0. The number of carboxylic acid groups (broad SMARTS) is 1. The Kier molecular flexibility index (Phi) is 6.00. The highest BCUT2D eigenvalue weighted by molar-refractivity contribution is 6.01. The van der Waals surface area contributed by atoms with E-state index in [1.165, 1.54) is 37.7 Å². The number of allylic oxidation sites excluding steroid dienone is 4. The standard InChI is InChI=1S/C27H40O4/c1-16(5-10-24(29)17(2)25(30)31)21-8-9-22-20-7-6-18-15-19(28)11-13-26(18,3)23(20)12-14-27(21,22)4/h11,13,15-17,20-24,29H,5-10,12,14H2,1-4H3,(H,30,31)/t16-,17?,20+,21-,22+,23+,24?,26+,27-/m1/s1. The lowest BCUT2D eigenvalue weighted by atomic mass is 9.47. The Hall–Kier alpha value is -1.42. The molecule has 0 aromatic heterocycles. The van der Waals surface area contributed by atoms with E-state index in [1.807, 2.05) is 6.08 Å². The van der Waals surface area contributed by atoms with E-state index in [0.717, 1.165) is 24.7 Å². The van der Waals surface area contributed by atoms with Gasteiger partial charge in [0, 0.05) is 5.41 Å². The van der Waals surface area contributed by atoms with Gasteiger partial charge in [0.15, 0.2) is 5.78 Å². The summed E-state index contributed by atoms with van der Waals surface area (Å²) in [4.78, 5) is 23.1. The Morgan fingerprint density at radius 1 is 1.13 bits per heavy atom. The molecule has 0 heterocycles. The van der Waals surface area contributed by atoms with E-state index in [4.69, 9.17) is 5.11 Å². The molecule has 0 aromatic carbocycles. The first kappa shape index (κ1) is 22.8. The number of carbonyl (C=O) groups is 2. The molecular weight excluding hydrogens is 388 g/mol. The summed E-state index contributed by atoms with van der Waals surface area (Å²) in [6.07, 6.45) is 13.9. The van der Waals surface area contributed by atoms with Crippen molar-refractivity contribution >= 4 is 11.8 Å². The number of hydrogen-bond donors (Lipinski definition) is 2. The molecule has 2 N–H and O–H groups in total. The van der Waals surface area contributed by atoms with Crippen molar-refractivity contribution in [2.24, 2.45) is 46.3 Å². The van der Waals surface area contributed by atoms with Crippen molar-refractivity contribution in [2.75, 3.05) is 0 Å². The number of carbonyl (C=O) groups excluding carboxylic acids is 1. The van der Waals surface area contributed by atoms with Gasteiger partial charge in [0.2, 0.25) is 0 Å². The van der Waals surface area contributed by atoms with Crippen molar-refractivity contribution in [1.82, 2.24) is 0 Å². The fourth-order valence-corrected chi connectivity index (χ4v) is 8.22. The second-order valence-electron chi connectivity index (χ2n) is 11.6. The fraction of sp³-hybridized carbons (Fsp3) is 0.778. The molecule has 0 amide bonds. The maximum atomic E-state index is 11.9. The van der Waals surface area contributed by atoms with Crippen LogP contribution in [0.3, 0.4) is 0 Å². The average Bonchev–Trinajstić information content (AvgIpc) is 3.09. The summed E-state index contributed by atoms with van der Waals surface area (Å²) in [5.74, 6) is 1.81. The molecule has 0 saturated heterocycles. The van der Waals surface area contributed by atoms with Crippen LogP contribution >= 0.6 is 0 Å². The van der Waals surface area contributed by atoms with E-state index < -0.39 is 18.0 Å². The molecular formula is C27H40O4. The SMILES string of the molecule is CC(C(=O)O)C(O)CC[C@@H](C)[C@H]1CC[C@H]2[C@@H]3CCC4=CC(=O)C=C[C@]4(C)[C@H]3CC[C@]12C. The highest BCUT2D eigenvalue weighted by Gasteiger charge is 2.58. The minimum absolute atomic E-state index is 0.0545. The van der Waals surface area contributed by atoms with Crippen LogP contribution in [0.5, 0.6) is 0 Å². The molecule has 2 unspecified atom stereocenters. The predicted octanol–water partition coefficient (Wildman–Crippen LogP) is 5.41. The lowest BCUT2D eigenvalue weighted by molar-refractivity contribution is -0.145. The number of carboxylic acids is 1. The van der Waals surface area contributed by atoms with Gasteiger partial charge in [-0.05, 0) is 105 Å². The van der Waals surface area contributed by atoms with Gasteiger partial charge in [-0.1, -0.05) is 32.4 Å². The second-order valence-corrected chi connectivity index (χ2v) is 11.6. The van der Waals surface area contributed by atoms with Crippen LogP contribution in [0, 0.1) is 46.3 Å². The van der Waals surface area contributed by atoms with Gasteiger partial charge < -0.3 is 10.2 Å². The topological polar surface area (TPSA) is 74.6 Å². The molecule has 3 fully saturated rings. The second kappa shape index (κ2) is 8.17. The maximum Gasteiger partial charge on any atom is 0.308 e. The van der Waals surface area contributed by atoms with Crippen LogP contribution in [0.1, 0.15) is 79.1 Å². The first-order chi connectivity index (χ1) is 14.6. The van der Waals surface area contributed by atoms with Gasteiger partial charge in [0.25, 0.3) is 0 Å². The normalized spacial score (nSPS) is 42.1. The third kappa shape index (κ3) is 3.73. The Balaban J connectivity index is 1.46. The number of ketones is 1. The minimum Gasteiger partial charge on any atom is -0.481 e. The molecule has 0 bridgehead atoms. The third-order valence-electron chi connectivity index (χ3n) is 10.2. The van der Waals surface area contributed by atoms with Gasteiger partial charge >= 0.3 is 5.97 Å². The van der Waals surface area contributed by atoms with E-state index in [9.17, 15) is 14.7 Å². The number of aliphatic carboxylic acids is 1. The zero-order valence-electron chi connectivity index (χ0n) is 19.6. The van der Waals surface area contributed by atoms with Crippen LogP contribution in [-0.4, -0.2) is 28.1 Å². The van der Waals surface area contributed by atoms with E-state index >= 15 is 0 Å². The third-order valence-corrected chi connectivity index (χ3v) is 10.2. The van der Waals surface area contributed by atoms with Gasteiger partial charge in [-0.25, -0.2) is 0 Å². The molecule has 172 valence electrons. The zero-order chi connectivity index (χ0) is 22.6. The monoisotopic (exact) mass is 428 g/mol.